The molecule has 1 atom stereocenters. The van der Waals surface area contributed by atoms with E-state index in [2.05, 4.69) is 4.74 Å². The van der Waals surface area contributed by atoms with Crippen LogP contribution in [0.15, 0.2) is 11.8 Å². The van der Waals surface area contributed by atoms with Gasteiger partial charge in [-0.25, -0.2) is 4.79 Å². The summed E-state index contributed by atoms with van der Waals surface area (Å²) in [4.78, 5) is 10.7. The summed E-state index contributed by atoms with van der Waals surface area (Å²) in [5, 5.41) is 0. The van der Waals surface area contributed by atoms with Crippen LogP contribution in [0.25, 0.3) is 0 Å². The normalized spacial score (nSPS) is 11.6. The second-order valence-corrected chi connectivity index (χ2v) is 2.50. The summed E-state index contributed by atoms with van der Waals surface area (Å²) in [6.45, 7) is 5.43. The third-order valence-electron chi connectivity index (χ3n) is 1.04. The van der Waals surface area contributed by atoms with Crippen LogP contribution in [0, 0.1) is 0 Å². The Morgan fingerprint density at radius 3 is 2.36 bits per heavy atom. The third kappa shape index (κ3) is 4.42. The first kappa shape index (κ1) is 10.0. The molecule has 0 radical (unpaired) electrons. The maximum Gasteiger partial charge on any atom is 0.346 e. The van der Waals surface area contributed by atoms with Gasteiger partial charge >= 0.3 is 5.97 Å². The SMILES string of the molecule is COC(=O)C(C)OC=C(C)C. The van der Waals surface area contributed by atoms with Gasteiger partial charge in [0.05, 0.1) is 13.4 Å². The number of esters is 1. The highest BCUT2D eigenvalue weighted by Gasteiger charge is 2.11. The summed E-state index contributed by atoms with van der Waals surface area (Å²) in [5.74, 6) is -0.359. The average Bonchev–Trinajstić information content (AvgIpc) is 1.98. The molecule has 3 nitrogen and oxygen atoms in total. The fourth-order valence-corrected chi connectivity index (χ4v) is 0.460. The predicted molar refractivity (Wildman–Crippen MR) is 42.0 cm³/mol. The average molecular weight is 158 g/mol. The monoisotopic (exact) mass is 158 g/mol. The highest BCUT2D eigenvalue weighted by Crippen LogP contribution is 1.97. The van der Waals surface area contributed by atoms with Crippen LogP contribution < -0.4 is 0 Å². The summed E-state index contributed by atoms with van der Waals surface area (Å²) in [5.41, 5.74) is 1.01. The van der Waals surface area contributed by atoms with Crippen molar-refractivity contribution < 1.29 is 14.3 Å². The molecule has 0 heterocycles. The molecule has 0 spiro atoms. The lowest BCUT2D eigenvalue weighted by molar-refractivity contribution is -0.149. The molecule has 3 heteroatoms. The Balaban J connectivity index is 3.78. The number of hydrogen-bond acceptors (Lipinski definition) is 3. The molecule has 0 aliphatic rings. The minimum absolute atomic E-state index is 0.359. The van der Waals surface area contributed by atoms with E-state index in [1.165, 1.54) is 7.11 Å². The van der Waals surface area contributed by atoms with E-state index in [1.54, 1.807) is 13.2 Å². The molecule has 0 aromatic rings. The second kappa shape index (κ2) is 4.77. The molecule has 0 aliphatic carbocycles. The van der Waals surface area contributed by atoms with Crippen LogP contribution in [-0.2, 0) is 14.3 Å². The second-order valence-electron chi connectivity index (χ2n) is 2.50. The van der Waals surface area contributed by atoms with Crippen LogP contribution in [0.3, 0.4) is 0 Å². The Labute approximate surface area is 67.0 Å². The molecular weight excluding hydrogens is 144 g/mol. The van der Waals surface area contributed by atoms with E-state index < -0.39 is 6.10 Å². The van der Waals surface area contributed by atoms with Crippen molar-refractivity contribution in [2.24, 2.45) is 0 Å². The van der Waals surface area contributed by atoms with E-state index >= 15 is 0 Å². The largest absolute Gasteiger partial charge is 0.487 e. The molecule has 0 fully saturated rings. The van der Waals surface area contributed by atoms with Gasteiger partial charge < -0.3 is 9.47 Å². The van der Waals surface area contributed by atoms with Crippen molar-refractivity contribution in [3.05, 3.63) is 11.8 Å². The summed E-state index contributed by atoms with van der Waals surface area (Å²) < 4.78 is 9.47. The van der Waals surface area contributed by atoms with E-state index in [0.717, 1.165) is 5.57 Å². The van der Waals surface area contributed by atoms with Gasteiger partial charge in [0.15, 0.2) is 6.10 Å². The maximum atomic E-state index is 10.7. The van der Waals surface area contributed by atoms with Crippen molar-refractivity contribution in [1.82, 2.24) is 0 Å². The van der Waals surface area contributed by atoms with Crippen molar-refractivity contribution in [2.45, 2.75) is 26.9 Å². The van der Waals surface area contributed by atoms with Crippen LogP contribution in [0.1, 0.15) is 20.8 Å². The van der Waals surface area contributed by atoms with Gasteiger partial charge in [0.2, 0.25) is 0 Å². The van der Waals surface area contributed by atoms with E-state index in [9.17, 15) is 4.79 Å². The predicted octanol–water partition coefficient (Wildman–Crippen LogP) is 1.49. The molecule has 64 valence electrons. The first-order valence-corrected chi connectivity index (χ1v) is 3.44. The topological polar surface area (TPSA) is 35.5 Å². The molecule has 0 bridgehead atoms. The zero-order chi connectivity index (χ0) is 8.85. The molecule has 0 aliphatic heterocycles. The first-order chi connectivity index (χ1) is 5.07. The summed E-state index contributed by atoms with van der Waals surface area (Å²) in [6.07, 6.45) is 1.02. The molecule has 0 aromatic carbocycles. The minimum atomic E-state index is -0.519. The zero-order valence-corrected chi connectivity index (χ0v) is 7.38. The lowest BCUT2D eigenvalue weighted by Crippen LogP contribution is -2.19. The number of hydrogen-bond donors (Lipinski definition) is 0. The zero-order valence-electron chi connectivity index (χ0n) is 7.38. The third-order valence-corrected chi connectivity index (χ3v) is 1.04. The fourth-order valence-electron chi connectivity index (χ4n) is 0.460. The first-order valence-electron chi connectivity index (χ1n) is 3.44. The number of allylic oxidation sites excluding steroid dienone is 1. The molecule has 0 aromatic heterocycles. The smallest absolute Gasteiger partial charge is 0.346 e. The summed E-state index contributed by atoms with van der Waals surface area (Å²) in [6, 6.07) is 0. The summed E-state index contributed by atoms with van der Waals surface area (Å²) in [7, 11) is 1.34. The lowest BCUT2D eigenvalue weighted by atomic mass is 10.4. The Bertz CT molecular complexity index is 157. The molecule has 0 saturated carbocycles. The van der Waals surface area contributed by atoms with Crippen molar-refractivity contribution in [3.63, 3.8) is 0 Å². The Hall–Kier alpha value is -0.990. The van der Waals surface area contributed by atoms with E-state index in [1.807, 2.05) is 13.8 Å². The van der Waals surface area contributed by atoms with Gasteiger partial charge in [-0.15, -0.1) is 0 Å². The van der Waals surface area contributed by atoms with Crippen LogP contribution in [0.4, 0.5) is 0 Å². The van der Waals surface area contributed by atoms with Crippen LogP contribution in [-0.4, -0.2) is 19.2 Å². The van der Waals surface area contributed by atoms with E-state index in [-0.39, 0.29) is 5.97 Å². The Morgan fingerprint density at radius 2 is 2.00 bits per heavy atom. The number of carbonyl (C=O) groups is 1. The van der Waals surface area contributed by atoms with Gasteiger partial charge in [-0.1, -0.05) is 0 Å². The standard InChI is InChI=1S/C8H14O3/c1-6(2)5-11-7(3)8(9)10-4/h5,7H,1-4H3. The minimum Gasteiger partial charge on any atom is -0.487 e. The van der Waals surface area contributed by atoms with Gasteiger partial charge in [0.1, 0.15) is 0 Å². The number of carbonyl (C=O) groups excluding carboxylic acids is 1. The molecule has 0 saturated heterocycles. The van der Waals surface area contributed by atoms with Crippen molar-refractivity contribution in [2.75, 3.05) is 7.11 Å². The number of rotatable bonds is 3. The van der Waals surface area contributed by atoms with E-state index in [0.29, 0.717) is 0 Å². The highest BCUT2D eigenvalue weighted by molar-refractivity contribution is 5.74. The quantitative estimate of drug-likeness (QED) is 0.461. The van der Waals surface area contributed by atoms with Crippen molar-refractivity contribution in [1.29, 1.82) is 0 Å². The maximum absolute atomic E-state index is 10.7. The summed E-state index contributed by atoms with van der Waals surface area (Å²) >= 11 is 0. The molecular formula is C8H14O3. The van der Waals surface area contributed by atoms with Gasteiger partial charge in [0.25, 0.3) is 0 Å². The van der Waals surface area contributed by atoms with Crippen LogP contribution in [0.2, 0.25) is 0 Å². The van der Waals surface area contributed by atoms with Gasteiger partial charge in [0, 0.05) is 0 Å². The van der Waals surface area contributed by atoms with Crippen molar-refractivity contribution >= 4 is 5.97 Å². The number of methoxy groups -OCH3 is 1. The Morgan fingerprint density at radius 1 is 1.45 bits per heavy atom. The Kier molecular flexibility index (Phi) is 4.34. The molecule has 0 amide bonds. The van der Waals surface area contributed by atoms with Crippen LogP contribution >= 0.6 is 0 Å². The molecule has 11 heavy (non-hydrogen) atoms. The fraction of sp³-hybridized carbons (Fsp3) is 0.625. The lowest BCUT2D eigenvalue weighted by Gasteiger charge is -2.08. The van der Waals surface area contributed by atoms with Gasteiger partial charge in [-0.05, 0) is 26.3 Å². The van der Waals surface area contributed by atoms with Crippen LogP contribution in [0.5, 0.6) is 0 Å². The highest BCUT2D eigenvalue weighted by atomic mass is 16.6. The van der Waals surface area contributed by atoms with E-state index in [4.69, 9.17) is 4.74 Å². The van der Waals surface area contributed by atoms with Crippen molar-refractivity contribution in [3.8, 4) is 0 Å². The molecule has 0 N–H and O–H groups in total. The van der Waals surface area contributed by atoms with Gasteiger partial charge in [-0.3, -0.25) is 0 Å². The molecule has 0 rings (SSSR count). The molecule has 1 unspecified atom stereocenters. The van der Waals surface area contributed by atoms with Gasteiger partial charge in [-0.2, -0.15) is 0 Å². The number of ether oxygens (including phenoxy) is 2.